The van der Waals surface area contributed by atoms with E-state index in [1.165, 1.54) is 11.1 Å². The fraction of sp³-hybridized carbons (Fsp3) is 0.750. The molecular formula is C16H22INO10. The number of ether oxygens (including phenoxy) is 3. The minimum absolute atomic E-state index is 0.100. The van der Waals surface area contributed by atoms with Crippen molar-refractivity contribution in [2.24, 2.45) is 0 Å². The Morgan fingerprint density at radius 1 is 1.11 bits per heavy atom. The Kier molecular flexibility index (Phi) is 7.05. The smallest absolute Gasteiger partial charge is 0.236 e. The van der Waals surface area contributed by atoms with Crippen LogP contribution in [0.5, 0.6) is 0 Å². The Morgan fingerprint density at radius 2 is 1.82 bits per heavy atom. The van der Waals surface area contributed by atoms with Crippen molar-refractivity contribution in [3.8, 4) is 0 Å². The Morgan fingerprint density at radius 3 is 2.50 bits per heavy atom. The minimum atomic E-state index is -1.58. The van der Waals surface area contributed by atoms with E-state index in [2.05, 4.69) is 0 Å². The van der Waals surface area contributed by atoms with Crippen molar-refractivity contribution in [2.45, 2.75) is 62.0 Å². The molecule has 8 atom stereocenters. The monoisotopic (exact) mass is 513 g/mol. The normalized spacial score (nSPS) is 42.1. The molecule has 0 radical (unpaired) electrons. The first-order valence-corrected chi connectivity index (χ1v) is 9.78. The molecule has 0 unspecified atom stereocenters. The third kappa shape index (κ3) is 4.39. The van der Waals surface area contributed by atoms with E-state index in [1.54, 1.807) is 0 Å². The van der Waals surface area contributed by atoms with Crippen LogP contribution in [0.2, 0.25) is 0 Å². The van der Waals surface area contributed by atoms with E-state index in [1.807, 2.05) is 22.6 Å². The predicted molar refractivity (Wildman–Crippen MR) is 97.6 cm³/mol. The molecule has 1 amide bonds. The van der Waals surface area contributed by atoms with E-state index >= 15 is 0 Å². The Labute approximate surface area is 173 Å². The first kappa shape index (κ1) is 22.0. The third-order valence-corrected chi connectivity index (χ3v) is 5.79. The van der Waals surface area contributed by atoms with Crippen molar-refractivity contribution >= 4 is 34.3 Å². The van der Waals surface area contributed by atoms with Gasteiger partial charge in [-0.25, -0.2) is 0 Å². The number of amides is 1. The summed E-state index contributed by atoms with van der Waals surface area (Å²) in [7, 11) is 0. The number of hydrogen-bond donors (Lipinski definition) is 5. The molecular weight excluding hydrogens is 491 g/mol. The van der Waals surface area contributed by atoms with Gasteiger partial charge < -0.3 is 39.7 Å². The quantitative estimate of drug-likeness (QED) is 0.194. The zero-order valence-corrected chi connectivity index (χ0v) is 16.8. The van der Waals surface area contributed by atoms with Gasteiger partial charge >= 0.3 is 0 Å². The maximum atomic E-state index is 12.1. The number of carbonyl (C=O) groups is 2. The molecule has 2 fully saturated rings. The van der Waals surface area contributed by atoms with Gasteiger partial charge in [-0.05, 0) is 22.6 Å². The molecule has 11 nitrogen and oxygen atoms in total. The highest BCUT2D eigenvalue weighted by Gasteiger charge is 2.45. The van der Waals surface area contributed by atoms with Crippen molar-refractivity contribution in [3.05, 3.63) is 9.78 Å². The van der Waals surface area contributed by atoms with Gasteiger partial charge in [-0.15, -0.1) is 0 Å². The van der Waals surface area contributed by atoms with Crippen LogP contribution in [-0.2, 0) is 23.8 Å². The number of halogens is 1. The number of aliphatic hydroxyl groups excluding tert-OH is 5. The number of aliphatic hydroxyl groups is 5. The zero-order valence-electron chi connectivity index (χ0n) is 14.6. The van der Waals surface area contributed by atoms with Crippen LogP contribution >= 0.6 is 22.6 Å². The average molecular weight is 513 g/mol. The number of hydrogen-bond acceptors (Lipinski definition) is 10. The molecule has 28 heavy (non-hydrogen) atoms. The van der Waals surface area contributed by atoms with Crippen molar-refractivity contribution in [1.82, 2.24) is 4.90 Å². The molecule has 3 aliphatic heterocycles. The lowest BCUT2D eigenvalue weighted by molar-refractivity contribution is -0.306. The highest BCUT2D eigenvalue weighted by Crippen LogP contribution is 2.29. The van der Waals surface area contributed by atoms with Crippen LogP contribution < -0.4 is 0 Å². The zero-order chi connectivity index (χ0) is 20.6. The van der Waals surface area contributed by atoms with E-state index in [4.69, 9.17) is 14.2 Å². The summed E-state index contributed by atoms with van der Waals surface area (Å²) in [6, 6.07) is 0. The fourth-order valence-electron chi connectivity index (χ4n) is 3.25. The maximum Gasteiger partial charge on any atom is 0.236 e. The third-order valence-electron chi connectivity index (χ3n) is 4.91. The standard InChI is InChI=1S/C16H22INO10/c17-6-3-18(11(22)1-7(6)20)12-2-8(21)10(27-12)5-26-16-15(25)14(24)13(23)9(4-19)28-16/h3,8-10,12-16,19,21,23-25H,1-2,4-5H2/t8-,9-,10-,12-,13-,14+,15-,16-/m1/s1/i17-2. The van der Waals surface area contributed by atoms with Crippen molar-refractivity contribution < 1.29 is 49.3 Å². The molecule has 0 saturated carbocycles. The largest absolute Gasteiger partial charge is 0.394 e. The highest BCUT2D eigenvalue weighted by molar-refractivity contribution is 14.1. The molecule has 3 rings (SSSR count). The lowest BCUT2D eigenvalue weighted by atomic mass is 9.99. The van der Waals surface area contributed by atoms with Gasteiger partial charge in [0.15, 0.2) is 12.1 Å². The number of rotatable bonds is 5. The van der Waals surface area contributed by atoms with Crippen LogP contribution in [0.15, 0.2) is 9.78 Å². The summed E-state index contributed by atoms with van der Waals surface area (Å²) in [6.45, 7) is -0.821. The first-order chi connectivity index (χ1) is 13.2. The first-order valence-electron chi connectivity index (χ1n) is 8.70. The summed E-state index contributed by atoms with van der Waals surface area (Å²) in [5.74, 6) is -0.707. The Balaban J connectivity index is 1.58. The summed E-state index contributed by atoms with van der Waals surface area (Å²) < 4.78 is 16.7. The summed E-state index contributed by atoms with van der Waals surface area (Å²) in [5, 5.41) is 48.9. The summed E-state index contributed by atoms with van der Waals surface area (Å²) in [6.07, 6.45) is -8.49. The molecule has 12 heteroatoms. The second-order valence-electron chi connectivity index (χ2n) is 6.84. The molecule has 0 bridgehead atoms. The van der Waals surface area contributed by atoms with Gasteiger partial charge in [0.25, 0.3) is 0 Å². The van der Waals surface area contributed by atoms with Gasteiger partial charge in [-0.1, -0.05) is 0 Å². The molecule has 0 aliphatic carbocycles. The van der Waals surface area contributed by atoms with E-state index in [0.717, 1.165) is 0 Å². The fourth-order valence-corrected chi connectivity index (χ4v) is 3.74. The van der Waals surface area contributed by atoms with Gasteiger partial charge in [0.1, 0.15) is 36.7 Å². The van der Waals surface area contributed by atoms with Crippen LogP contribution in [-0.4, -0.2) is 104 Å². The summed E-state index contributed by atoms with van der Waals surface area (Å²) >= 11 is 1.83. The predicted octanol–water partition coefficient (Wildman–Crippen LogP) is -2.64. The van der Waals surface area contributed by atoms with Crippen LogP contribution in [0.25, 0.3) is 0 Å². The van der Waals surface area contributed by atoms with Crippen LogP contribution in [0, 0.1) is 0 Å². The van der Waals surface area contributed by atoms with Gasteiger partial charge in [-0.3, -0.25) is 14.5 Å². The lowest BCUT2D eigenvalue weighted by Gasteiger charge is -2.39. The average Bonchev–Trinajstić information content (AvgIpc) is 3.02. The SMILES string of the molecule is O=C1CC(=O)N([C@H]2C[C@@H](O)[C@@H](CO[C@@H]3O[C@H](CO)[C@@H](O)[C@H](O)[C@H]3O)O2)C=C1[125I]. The molecule has 0 aromatic heterocycles. The lowest BCUT2D eigenvalue weighted by Crippen LogP contribution is -2.59. The molecule has 0 aromatic rings. The van der Waals surface area contributed by atoms with E-state index in [9.17, 15) is 35.1 Å². The van der Waals surface area contributed by atoms with Gasteiger partial charge in [0.05, 0.1) is 29.3 Å². The molecule has 0 aromatic carbocycles. The summed E-state index contributed by atoms with van der Waals surface area (Å²) in [5.41, 5.74) is 0. The molecule has 5 N–H and O–H groups in total. The van der Waals surface area contributed by atoms with E-state index < -0.39 is 61.7 Å². The van der Waals surface area contributed by atoms with Crippen molar-refractivity contribution in [1.29, 1.82) is 0 Å². The van der Waals surface area contributed by atoms with Crippen LogP contribution in [0.4, 0.5) is 0 Å². The molecule has 3 aliphatic rings. The maximum absolute atomic E-state index is 12.1. The van der Waals surface area contributed by atoms with Gasteiger partial charge in [0.2, 0.25) is 5.91 Å². The Bertz CT molecular complexity index is 643. The number of carbonyl (C=O) groups excluding carboxylic acids is 2. The number of allylic oxidation sites excluding steroid dienone is 1. The van der Waals surface area contributed by atoms with Crippen LogP contribution in [0.3, 0.4) is 0 Å². The number of nitrogens with zero attached hydrogens (tertiary/aromatic N) is 1. The minimum Gasteiger partial charge on any atom is -0.394 e. The molecule has 2 saturated heterocycles. The second-order valence-corrected chi connectivity index (χ2v) is 8.00. The number of ketones is 1. The van der Waals surface area contributed by atoms with Crippen LogP contribution in [0.1, 0.15) is 12.8 Å². The second kappa shape index (κ2) is 8.97. The molecule has 158 valence electrons. The van der Waals surface area contributed by atoms with E-state index in [-0.39, 0.29) is 25.2 Å². The van der Waals surface area contributed by atoms with Gasteiger partial charge in [-0.2, -0.15) is 0 Å². The number of Topliss-reactive ketones (excluding diaryl/α,β-unsaturated/α-hetero) is 1. The Hall–Kier alpha value is -0.710. The van der Waals surface area contributed by atoms with E-state index in [0.29, 0.717) is 3.58 Å². The topological polar surface area (TPSA) is 166 Å². The van der Waals surface area contributed by atoms with Crippen molar-refractivity contribution in [3.63, 3.8) is 0 Å². The molecule has 0 spiro atoms. The van der Waals surface area contributed by atoms with Crippen molar-refractivity contribution in [2.75, 3.05) is 13.2 Å². The molecule has 3 heterocycles. The van der Waals surface area contributed by atoms with Gasteiger partial charge in [0, 0.05) is 12.6 Å². The highest BCUT2D eigenvalue weighted by atomic mass is 125. The summed E-state index contributed by atoms with van der Waals surface area (Å²) in [4.78, 5) is 24.9.